The number of rotatable bonds is 0. The fourth-order valence-corrected chi connectivity index (χ4v) is 7.47. The molecule has 6 fully saturated rings. The highest BCUT2D eigenvalue weighted by molar-refractivity contribution is 6.07. The molecule has 0 aromatic carbocycles. The average Bonchev–Trinajstić information content (AvgIpc) is 3.08. The van der Waals surface area contributed by atoms with Gasteiger partial charge >= 0.3 is 0 Å². The predicted octanol–water partition coefficient (Wildman–Crippen LogP) is 0.761. The molecule has 6 heteroatoms. The summed E-state index contributed by atoms with van der Waals surface area (Å²) in [6.07, 6.45) is 2.76. The maximum atomic E-state index is 13.4. The molecular weight excluding hydrogens is 318 g/mol. The minimum atomic E-state index is -0.683. The minimum Gasteiger partial charge on any atom is -0.337 e. The smallest absolute Gasteiger partial charge is 0.243 e. The summed E-state index contributed by atoms with van der Waals surface area (Å²) >= 11 is 0. The fourth-order valence-electron chi connectivity index (χ4n) is 7.47. The number of carbonyl (C=O) groups excluding carboxylic acids is 3. The Labute approximate surface area is 148 Å². The molecule has 1 saturated carbocycles. The first-order chi connectivity index (χ1) is 11.6. The molecule has 2 bridgehead atoms. The van der Waals surface area contributed by atoms with Gasteiger partial charge in [0.1, 0.15) is 5.54 Å². The quantitative estimate of drug-likeness (QED) is 0.658. The van der Waals surface area contributed by atoms with Gasteiger partial charge in [-0.25, -0.2) is 0 Å². The van der Waals surface area contributed by atoms with E-state index in [2.05, 4.69) is 31.0 Å². The van der Waals surface area contributed by atoms with Gasteiger partial charge in [0.15, 0.2) is 0 Å². The largest absolute Gasteiger partial charge is 0.337 e. The van der Waals surface area contributed by atoms with Gasteiger partial charge in [-0.3, -0.25) is 24.6 Å². The molecule has 5 saturated heterocycles. The number of hydrogen-bond acceptors (Lipinski definition) is 4. The molecule has 0 aromatic rings. The Hall–Kier alpha value is -1.43. The molecule has 5 aliphatic heterocycles. The maximum Gasteiger partial charge on any atom is 0.243 e. The van der Waals surface area contributed by atoms with Crippen molar-refractivity contribution in [1.29, 1.82) is 0 Å². The van der Waals surface area contributed by atoms with Gasteiger partial charge in [-0.1, -0.05) is 20.8 Å². The second kappa shape index (κ2) is 4.11. The van der Waals surface area contributed by atoms with Crippen LogP contribution >= 0.6 is 0 Å². The van der Waals surface area contributed by atoms with Gasteiger partial charge in [-0.05, 0) is 43.1 Å². The van der Waals surface area contributed by atoms with E-state index in [0.29, 0.717) is 12.3 Å². The van der Waals surface area contributed by atoms with Crippen molar-refractivity contribution in [3.8, 4) is 0 Å². The second-order valence-electron chi connectivity index (χ2n) is 9.79. The van der Waals surface area contributed by atoms with Gasteiger partial charge in [0.25, 0.3) is 0 Å². The molecule has 0 unspecified atom stereocenters. The zero-order valence-electron chi connectivity index (χ0n) is 15.5. The number of fused-ring (bicyclic) bond motifs is 1. The molecule has 6 rings (SSSR count). The van der Waals surface area contributed by atoms with Crippen molar-refractivity contribution >= 4 is 17.7 Å². The molecule has 0 radical (unpaired) electrons. The third-order valence-electron chi connectivity index (χ3n) is 9.05. The minimum absolute atomic E-state index is 0.124. The molecule has 3 amide bonds. The molecule has 6 nitrogen and oxygen atoms in total. The fraction of sp³-hybridized carbons (Fsp3) is 0.842. The number of likely N-dealkylation sites (N-methyl/N-ethyl adjacent to an activating group) is 1. The molecule has 1 aliphatic carbocycles. The lowest BCUT2D eigenvalue weighted by Crippen LogP contribution is -2.79. The number of hydrogen-bond donors (Lipinski definition) is 1. The number of carbonyl (C=O) groups is 3. The lowest BCUT2D eigenvalue weighted by atomic mass is 9.57. The molecule has 6 aliphatic rings. The van der Waals surface area contributed by atoms with Crippen LogP contribution in [-0.4, -0.2) is 58.7 Å². The molecular formula is C19H27N3O3. The normalized spacial score (nSPS) is 50.6. The molecule has 1 N–H and O–H groups in total. The van der Waals surface area contributed by atoms with Crippen LogP contribution in [0.5, 0.6) is 0 Å². The van der Waals surface area contributed by atoms with Crippen LogP contribution in [0.4, 0.5) is 0 Å². The topological polar surface area (TPSA) is 69.7 Å². The highest BCUT2D eigenvalue weighted by atomic mass is 16.2. The van der Waals surface area contributed by atoms with Crippen molar-refractivity contribution in [1.82, 2.24) is 15.1 Å². The predicted molar refractivity (Wildman–Crippen MR) is 90.3 cm³/mol. The third kappa shape index (κ3) is 1.37. The maximum absolute atomic E-state index is 13.4. The van der Waals surface area contributed by atoms with Crippen LogP contribution in [0.3, 0.4) is 0 Å². The number of piperidine rings is 2. The van der Waals surface area contributed by atoms with Crippen molar-refractivity contribution in [2.45, 2.75) is 57.5 Å². The number of amides is 3. The summed E-state index contributed by atoms with van der Waals surface area (Å²) in [5.74, 6) is 0.533. The van der Waals surface area contributed by atoms with Crippen molar-refractivity contribution in [2.75, 3.05) is 20.1 Å². The monoisotopic (exact) mass is 345 g/mol. The summed E-state index contributed by atoms with van der Waals surface area (Å²) in [7, 11) is 1.93. The first kappa shape index (κ1) is 15.8. The van der Waals surface area contributed by atoms with Gasteiger partial charge in [0.2, 0.25) is 17.7 Å². The Morgan fingerprint density at radius 2 is 1.92 bits per heavy atom. The van der Waals surface area contributed by atoms with Crippen LogP contribution in [0.25, 0.3) is 0 Å². The number of imide groups is 1. The Bertz CT molecular complexity index is 733. The highest BCUT2D eigenvalue weighted by Crippen LogP contribution is 2.71. The van der Waals surface area contributed by atoms with Crippen molar-refractivity contribution < 1.29 is 14.4 Å². The lowest BCUT2D eigenvalue weighted by Gasteiger charge is -2.65. The third-order valence-corrected chi connectivity index (χ3v) is 9.05. The first-order valence-corrected chi connectivity index (χ1v) is 9.49. The van der Waals surface area contributed by atoms with E-state index in [-0.39, 0.29) is 41.0 Å². The Kier molecular flexibility index (Phi) is 2.59. The van der Waals surface area contributed by atoms with E-state index < -0.39 is 11.0 Å². The molecule has 0 aromatic heterocycles. The van der Waals surface area contributed by atoms with E-state index >= 15 is 0 Å². The highest BCUT2D eigenvalue weighted by Gasteiger charge is 2.79. The van der Waals surface area contributed by atoms with E-state index in [4.69, 9.17) is 0 Å². The number of piperazine rings is 1. The summed E-state index contributed by atoms with van der Waals surface area (Å²) < 4.78 is 0. The van der Waals surface area contributed by atoms with Crippen LogP contribution in [0, 0.1) is 22.7 Å². The number of nitrogens with one attached hydrogen (secondary N) is 1. The van der Waals surface area contributed by atoms with Crippen LogP contribution in [0.1, 0.15) is 46.5 Å². The average molecular weight is 345 g/mol. The first-order valence-electron chi connectivity index (χ1n) is 9.49. The van der Waals surface area contributed by atoms with E-state index in [1.807, 2.05) is 11.9 Å². The van der Waals surface area contributed by atoms with Crippen molar-refractivity contribution in [2.24, 2.45) is 22.7 Å². The SMILES string of the molecule is C[C@H]1CCN2C[C@]34C[C@]5(CC(=O)NC5=O)C(C)(C)[C@@H]3C[C@]12C(=O)N4C. The second-order valence-corrected chi connectivity index (χ2v) is 9.79. The summed E-state index contributed by atoms with van der Waals surface area (Å²) in [5, 5.41) is 2.56. The Morgan fingerprint density at radius 3 is 2.56 bits per heavy atom. The van der Waals surface area contributed by atoms with Crippen LogP contribution in [0.2, 0.25) is 0 Å². The van der Waals surface area contributed by atoms with Crippen LogP contribution < -0.4 is 5.32 Å². The summed E-state index contributed by atoms with van der Waals surface area (Å²) in [6, 6.07) is 0. The van der Waals surface area contributed by atoms with E-state index in [1.54, 1.807) is 0 Å². The molecule has 5 atom stereocenters. The van der Waals surface area contributed by atoms with Crippen molar-refractivity contribution in [3.05, 3.63) is 0 Å². The van der Waals surface area contributed by atoms with Gasteiger partial charge in [-0.2, -0.15) is 0 Å². The molecule has 136 valence electrons. The van der Waals surface area contributed by atoms with E-state index in [0.717, 1.165) is 25.9 Å². The Balaban J connectivity index is 1.70. The summed E-state index contributed by atoms with van der Waals surface area (Å²) in [4.78, 5) is 42.8. The Morgan fingerprint density at radius 1 is 1.20 bits per heavy atom. The molecule has 3 spiro atoms. The summed E-state index contributed by atoms with van der Waals surface area (Å²) in [6.45, 7) is 8.33. The van der Waals surface area contributed by atoms with E-state index in [9.17, 15) is 14.4 Å². The number of nitrogens with zero attached hydrogens (tertiary/aromatic N) is 2. The molecule has 5 heterocycles. The van der Waals surface area contributed by atoms with Gasteiger partial charge in [-0.15, -0.1) is 0 Å². The van der Waals surface area contributed by atoms with E-state index in [1.165, 1.54) is 0 Å². The van der Waals surface area contributed by atoms with Crippen molar-refractivity contribution in [3.63, 3.8) is 0 Å². The van der Waals surface area contributed by atoms with Crippen LogP contribution in [0.15, 0.2) is 0 Å². The van der Waals surface area contributed by atoms with Gasteiger partial charge in [0, 0.05) is 20.0 Å². The zero-order valence-corrected chi connectivity index (χ0v) is 15.5. The summed E-state index contributed by atoms with van der Waals surface area (Å²) in [5.41, 5.74) is -1.71. The van der Waals surface area contributed by atoms with Crippen LogP contribution in [-0.2, 0) is 14.4 Å². The molecule has 25 heavy (non-hydrogen) atoms. The zero-order chi connectivity index (χ0) is 18.0. The standard InChI is InChI=1S/C19H27N3O3/c1-11-5-6-22-10-18-9-17(8-13(23)20-14(17)24)16(2,3)12(18)7-19(11,22)15(25)21(18)4/h11-12H,5-10H2,1-4H3,(H,20,23,24)/t11-,12-,17-,18+,19+/m0/s1. The van der Waals surface area contributed by atoms with Gasteiger partial charge in [0.05, 0.1) is 11.0 Å². The lowest BCUT2D eigenvalue weighted by molar-refractivity contribution is -0.189. The van der Waals surface area contributed by atoms with Gasteiger partial charge < -0.3 is 4.90 Å².